The van der Waals surface area contributed by atoms with Gasteiger partial charge in [-0.1, -0.05) is 30.3 Å². The zero-order valence-corrected chi connectivity index (χ0v) is 15.6. The summed E-state index contributed by atoms with van der Waals surface area (Å²) in [4.78, 5) is 2.11. The second-order valence-electron chi connectivity index (χ2n) is 6.38. The molecule has 0 aliphatic rings. The molecule has 1 aromatic heterocycles. The molecule has 0 N–H and O–H groups in total. The van der Waals surface area contributed by atoms with Crippen molar-refractivity contribution in [1.29, 1.82) is 5.26 Å². The number of ether oxygens (including phenoxy) is 2. The minimum absolute atomic E-state index is 0.656. The fourth-order valence-electron chi connectivity index (χ4n) is 3.22. The lowest BCUT2D eigenvalue weighted by atomic mass is 10.0. The summed E-state index contributed by atoms with van der Waals surface area (Å²) in [6.45, 7) is 1.55. The van der Waals surface area contributed by atoms with Gasteiger partial charge in [-0.25, -0.2) is 0 Å². The maximum Gasteiger partial charge on any atom is 0.162 e. The van der Waals surface area contributed by atoms with E-state index in [2.05, 4.69) is 15.5 Å². The maximum absolute atomic E-state index is 9.93. The molecule has 5 heteroatoms. The van der Waals surface area contributed by atoms with Crippen LogP contribution in [0.4, 0.5) is 0 Å². The van der Waals surface area contributed by atoms with Crippen LogP contribution in [0.25, 0.3) is 22.0 Å². The van der Waals surface area contributed by atoms with Crippen molar-refractivity contribution in [3.05, 3.63) is 48.2 Å². The molecule has 26 heavy (non-hydrogen) atoms. The molecule has 1 heterocycles. The summed E-state index contributed by atoms with van der Waals surface area (Å²) in [5.74, 6) is 1.32. The van der Waals surface area contributed by atoms with Crippen LogP contribution in [0.5, 0.6) is 11.5 Å². The molecular weight excluding hydrogens is 326 g/mol. The molecule has 0 bridgehead atoms. The maximum atomic E-state index is 9.93. The van der Waals surface area contributed by atoms with Crippen molar-refractivity contribution in [3.63, 3.8) is 0 Å². The number of aromatic nitrogens is 1. The Balaban J connectivity index is 2.35. The van der Waals surface area contributed by atoms with E-state index in [4.69, 9.17) is 9.47 Å². The third kappa shape index (κ3) is 3.12. The summed E-state index contributed by atoms with van der Waals surface area (Å²) in [6.07, 6.45) is 0. The van der Waals surface area contributed by atoms with Gasteiger partial charge in [0.05, 0.1) is 19.7 Å². The van der Waals surface area contributed by atoms with E-state index in [1.165, 1.54) is 0 Å². The summed E-state index contributed by atoms with van der Waals surface area (Å²) in [7, 11) is 7.30. The third-order valence-corrected chi connectivity index (χ3v) is 4.51. The molecule has 0 atom stereocenters. The Hall–Kier alpha value is -2.97. The summed E-state index contributed by atoms with van der Waals surface area (Å²) >= 11 is 0. The molecule has 2 aromatic carbocycles. The van der Waals surface area contributed by atoms with E-state index in [0.717, 1.165) is 28.6 Å². The van der Waals surface area contributed by atoms with Crippen LogP contribution >= 0.6 is 0 Å². The zero-order chi connectivity index (χ0) is 18.7. The van der Waals surface area contributed by atoms with Gasteiger partial charge in [0.2, 0.25) is 0 Å². The smallest absolute Gasteiger partial charge is 0.162 e. The number of benzene rings is 2. The molecule has 5 nitrogen and oxygen atoms in total. The van der Waals surface area contributed by atoms with Crippen LogP contribution in [0.1, 0.15) is 5.69 Å². The van der Waals surface area contributed by atoms with Gasteiger partial charge < -0.3 is 18.9 Å². The Morgan fingerprint density at radius 2 is 1.69 bits per heavy atom. The predicted molar refractivity (Wildman–Crippen MR) is 104 cm³/mol. The quantitative estimate of drug-likeness (QED) is 0.680. The van der Waals surface area contributed by atoms with Gasteiger partial charge in [0, 0.05) is 30.1 Å². The molecule has 0 spiro atoms. The highest BCUT2D eigenvalue weighted by Crippen LogP contribution is 2.40. The molecule has 0 amide bonds. The van der Waals surface area contributed by atoms with E-state index in [-0.39, 0.29) is 0 Å². The van der Waals surface area contributed by atoms with E-state index in [0.29, 0.717) is 23.7 Å². The van der Waals surface area contributed by atoms with Crippen LogP contribution in [0.2, 0.25) is 0 Å². The van der Waals surface area contributed by atoms with Crippen LogP contribution in [-0.4, -0.2) is 44.3 Å². The first-order chi connectivity index (χ1) is 12.6. The average Bonchev–Trinajstić information content (AvgIpc) is 2.98. The lowest BCUT2D eigenvalue weighted by molar-refractivity contribution is 0.355. The van der Waals surface area contributed by atoms with Gasteiger partial charge in [-0.05, 0) is 25.7 Å². The first-order valence-electron chi connectivity index (χ1n) is 8.49. The molecule has 0 saturated heterocycles. The third-order valence-electron chi connectivity index (χ3n) is 4.51. The fourth-order valence-corrected chi connectivity index (χ4v) is 3.22. The van der Waals surface area contributed by atoms with E-state index in [1.54, 1.807) is 14.2 Å². The summed E-state index contributed by atoms with van der Waals surface area (Å²) in [5.41, 5.74) is 3.58. The molecule has 0 radical (unpaired) electrons. The minimum Gasteiger partial charge on any atom is -0.493 e. The van der Waals surface area contributed by atoms with Gasteiger partial charge in [0.15, 0.2) is 11.5 Å². The molecule has 0 aliphatic heterocycles. The van der Waals surface area contributed by atoms with E-state index < -0.39 is 0 Å². The van der Waals surface area contributed by atoms with Gasteiger partial charge in [-0.3, -0.25) is 0 Å². The van der Waals surface area contributed by atoms with Crippen LogP contribution in [0, 0.1) is 11.3 Å². The number of likely N-dealkylation sites (N-methyl/N-ethyl adjacent to an activating group) is 1. The SMILES string of the molecule is COc1cc2c(-c3ccccc3)c(C#N)n(CCN(C)C)c2cc1OC. The largest absolute Gasteiger partial charge is 0.493 e. The molecule has 134 valence electrons. The first kappa shape index (κ1) is 17.8. The standard InChI is InChI=1S/C21H23N3O2/c1-23(2)10-11-24-17-13-20(26-4)19(25-3)12-16(17)21(18(24)14-22)15-8-6-5-7-9-15/h5-9,12-13H,10-11H2,1-4H3. The Morgan fingerprint density at radius 1 is 1.04 bits per heavy atom. The van der Waals surface area contributed by atoms with Crippen molar-refractivity contribution in [3.8, 4) is 28.7 Å². The Bertz CT molecular complexity index is 953. The topological polar surface area (TPSA) is 50.4 Å². The van der Waals surface area contributed by atoms with Crippen LogP contribution in [-0.2, 0) is 6.54 Å². The van der Waals surface area contributed by atoms with Crippen molar-refractivity contribution in [1.82, 2.24) is 9.47 Å². The van der Waals surface area contributed by atoms with Crippen molar-refractivity contribution in [2.75, 3.05) is 34.9 Å². The number of fused-ring (bicyclic) bond motifs is 1. The van der Waals surface area contributed by atoms with E-state index >= 15 is 0 Å². The monoisotopic (exact) mass is 349 g/mol. The van der Waals surface area contributed by atoms with Gasteiger partial charge in [0.1, 0.15) is 11.8 Å². The first-order valence-corrected chi connectivity index (χ1v) is 8.49. The molecule has 0 aliphatic carbocycles. The van der Waals surface area contributed by atoms with Gasteiger partial charge in [-0.15, -0.1) is 0 Å². The molecule has 0 saturated carbocycles. The molecule has 0 fully saturated rings. The zero-order valence-electron chi connectivity index (χ0n) is 15.6. The molecular formula is C21H23N3O2. The highest BCUT2D eigenvalue weighted by molar-refractivity contribution is 6.01. The number of nitrogens with zero attached hydrogens (tertiary/aromatic N) is 3. The van der Waals surface area contributed by atoms with Crippen molar-refractivity contribution in [2.45, 2.75) is 6.54 Å². The van der Waals surface area contributed by atoms with Gasteiger partial charge in [0.25, 0.3) is 0 Å². The Labute approximate surface area is 154 Å². The summed E-state index contributed by atoms with van der Waals surface area (Å²) in [6, 6.07) is 16.3. The summed E-state index contributed by atoms with van der Waals surface area (Å²) in [5, 5.41) is 10.9. The minimum atomic E-state index is 0.656. The number of hydrogen-bond donors (Lipinski definition) is 0. The number of nitriles is 1. The number of hydrogen-bond acceptors (Lipinski definition) is 4. The van der Waals surface area contributed by atoms with E-state index in [1.807, 2.05) is 56.6 Å². The van der Waals surface area contributed by atoms with Gasteiger partial charge in [-0.2, -0.15) is 5.26 Å². The second-order valence-corrected chi connectivity index (χ2v) is 6.38. The Morgan fingerprint density at radius 3 is 2.27 bits per heavy atom. The highest BCUT2D eigenvalue weighted by Gasteiger charge is 2.21. The number of methoxy groups -OCH3 is 2. The average molecular weight is 349 g/mol. The fraction of sp³-hybridized carbons (Fsp3) is 0.286. The highest BCUT2D eigenvalue weighted by atomic mass is 16.5. The molecule has 0 unspecified atom stereocenters. The van der Waals surface area contributed by atoms with Crippen LogP contribution < -0.4 is 9.47 Å². The number of rotatable bonds is 6. The van der Waals surface area contributed by atoms with E-state index in [9.17, 15) is 5.26 Å². The summed E-state index contributed by atoms with van der Waals surface area (Å²) < 4.78 is 13.0. The predicted octanol–water partition coefficient (Wildman–Crippen LogP) is 3.76. The van der Waals surface area contributed by atoms with Crippen molar-refractivity contribution >= 4 is 10.9 Å². The normalized spacial score (nSPS) is 10.9. The molecule has 3 aromatic rings. The second kappa shape index (κ2) is 7.51. The Kier molecular flexibility index (Phi) is 5.15. The molecule has 3 rings (SSSR count). The van der Waals surface area contributed by atoms with Crippen LogP contribution in [0.3, 0.4) is 0 Å². The van der Waals surface area contributed by atoms with Crippen molar-refractivity contribution < 1.29 is 9.47 Å². The lowest BCUT2D eigenvalue weighted by Crippen LogP contribution is -2.19. The van der Waals surface area contributed by atoms with Gasteiger partial charge >= 0.3 is 0 Å². The van der Waals surface area contributed by atoms with Crippen molar-refractivity contribution in [2.24, 2.45) is 0 Å². The van der Waals surface area contributed by atoms with Crippen LogP contribution in [0.15, 0.2) is 42.5 Å². The lowest BCUT2D eigenvalue weighted by Gasteiger charge is -2.13.